The number of anilines is 1. The Hall–Kier alpha value is -3.34. The van der Waals surface area contributed by atoms with Crippen LogP contribution in [0.3, 0.4) is 0 Å². The summed E-state index contributed by atoms with van der Waals surface area (Å²) in [7, 11) is 0. The minimum atomic E-state index is -0.396. The molecule has 2 aromatic carbocycles. The van der Waals surface area contributed by atoms with Crippen molar-refractivity contribution >= 4 is 27.6 Å². The molecule has 1 N–H and O–H groups in total. The van der Waals surface area contributed by atoms with Crippen LogP contribution in [0.4, 0.5) is 5.69 Å². The summed E-state index contributed by atoms with van der Waals surface area (Å²) < 4.78 is 10.8. The summed E-state index contributed by atoms with van der Waals surface area (Å²) in [6, 6.07) is 14.4. The van der Waals surface area contributed by atoms with Crippen LogP contribution in [-0.2, 0) is 0 Å². The molecular weight excluding hydrogens is 354 g/mol. The van der Waals surface area contributed by atoms with E-state index in [4.69, 9.17) is 8.83 Å². The molecule has 0 unspecified atom stereocenters. The van der Waals surface area contributed by atoms with E-state index in [1.165, 1.54) is 6.07 Å². The fourth-order valence-corrected chi connectivity index (χ4v) is 3.32. The summed E-state index contributed by atoms with van der Waals surface area (Å²) in [6.45, 7) is 4.88. The minimum Gasteiger partial charge on any atom is -0.423 e. The van der Waals surface area contributed by atoms with E-state index in [1.54, 1.807) is 12.1 Å². The van der Waals surface area contributed by atoms with Crippen molar-refractivity contribution in [2.24, 2.45) is 0 Å². The summed E-state index contributed by atoms with van der Waals surface area (Å²) in [5.41, 5.74) is 3.23. The molecule has 28 heavy (non-hydrogen) atoms. The van der Waals surface area contributed by atoms with Gasteiger partial charge in [-0.15, -0.1) is 0 Å². The van der Waals surface area contributed by atoms with Gasteiger partial charge in [0.25, 0.3) is 0 Å². The van der Waals surface area contributed by atoms with Crippen molar-refractivity contribution in [1.29, 1.82) is 0 Å². The highest BCUT2D eigenvalue weighted by atomic mass is 16.4. The average Bonchev–Trinajstić information content (AvgIpc) is 2.67. The Labute approximate surface area is 161 Å². The number of hydrogen-bond donors (Lipinski definition) is 1. The first kappa shape index (κ1) is 18.0. The maximum absolute atomic E-state index is 12.6. The van der Waals surface area contributed by atoms with Gasteiger partial charge in [0.15, 0.2) is 0 Å². The maximum atomic E-state index is 12.6. The molecular formula is C23H21NO4. The number of nitrogens with one attached hydrogen (secondary N) is 1. The van der Waals surface area contributed by atoms with Gasteiger partial charge in [0.1, 0.15) is 11.2 Å². The van der Waals surface area contributed by atoms with E-state index < -0.39 is 5.63 Å². The molecule has 4 rings (SSSR count). The highest BCUT2D eigenvalue weighted by Gasteiger charge is 2.11. The average molecular weight is 375 g/mol. The van der Waals surface area contributed by atoms with Gasteiger partial charge in [0.05, 0.1) is 5.56 Å². The molecule has 0 amide bonds. The third kappa shape index (κ3) is 3.43. The molecule has 0 atom stereocenters. The molecule has 0 fully saturated rings. The monoisotopic (exact) mass is 375 g/mol. The van der Waals surface area contributed by atoms with Gasteiger partial charge in [-0.25, -0.2) is 9.59 Å². The lowest BCUT2D eigenvalue weighted by Gasteiger charge is -2.08. The molecule has 0 saturated heterocycles. The standard InChI is InChI=1S/C23H21NO4/c1-3-4-9-24-17-7-5-16-12-19(23(26)28-21(16)13-17)15-6-8-20-18(11-15)14(2)10-22(25)27-20/h5-8,10-13,24H,3-4,9H2,1-2H3. The second kappa shape index (κ2) is 7.35. The van der Waals surface area contributed by atoms with Crippen LogP contribution < -0.4 is 16.6 Å². The van der Waals surface area contributed by atoms with Crippen molar-refractivity contribution in [1.82, 2.24) is 0 Å². The van der Waals surface area contributed by atoms with Crippen LogP contribution in [0.2, 0.25) is 0 Å². The van der Waals surface area contributed by atoms with Crippen molar-refractivity contribution in [3.8, 4) is 11.1 Å². The predicted molar refractivity (Wildman–Crippen MR) is 112 cm³/mol. The summed E-state index contributed by atoms with van der Waals surface area (Å²) >= 11 is 0. The zero-order valence-corrected chi connectivity index (χ0v) is 15.9. The van der Waals surface area contributed by atoms with E-state index >= 15 is 0 Å². The molecule has 5 heteroatoms. The molecule has 0 radical (unpaired) electrons. The zero-order valence-electron chi connectivity index (χ0n) is 15.9. The molecule has 142 valence electrons. The Balaban J connectivity index is 1.77. The van der Waals surface area contributed by atoms with Gasteiger partial charge in [-0.2, -0.15) is 0 Å². The normalized spacial score (nSPS) is 11.2. The molecule has 0 saturated carbocycles. The summed E-state index contributed by atoms with van der Waals surface area (Å²) in [6.07, 6.45) is 2.20. The maximum Gasteiger partial charge on any atom is 0.344 e. The SMILES string of the molecule is CCCCNc1ccc2cc(-c3ccc4oc(=O)cc(C)c4c3)c(=O)oc2c1. The molecule has 4 aromatic rings. The van der Waals surface area contributed by atoms with Gasteiger partial charge in [-0.1, -0.05) is 19.4 Å². The molecule has 2 heterocycles. The van der Waals surface area contributed by atoms with Crippen molar-refractivity contribution in [3.63, 3.8) is 0 Å². The van der Waals surface area contributed by atoms with E-state index in [0.717, 1.165) is 47.0 Å². The Bertz CT molecular complexity index is 1280. The fraction of sp³-hybridized carbons (Fsp3) is 0.217. The predicted octanol–water partition coefficient (Wildman–Crippen LogP) is 5.09. The number of rotatable bonds is 5. The minimum absolute atomic E-state index is 0.383. The van der Waals surface area contributed by atoms with Crippen molar-refractivity contribution in [2.45, 2.75) is 26.7 Å². The first-order chi connectivity index (χ1) is 13.5. The number of aryl methyl sites for hydroxylation is 1. The third-order valence-corrected chi connectivity index (χ3v) is 4.86. The summed E-state index contributed by atoms with van der Waals surface area (Å²) in [5.74, 6) is 0. The first-order valence-electron chi connectivity index (χ1n) is 9.42. The zero-order chi connectivity index (χ0) is 19.7. The second-order valence-corrected chi connectivity index (χ2v) is 6.94. The van der Waals surface area contributed by atoms with Gasteiger partial charge < -0.3 is 14.2 Å². The van der Waals surface area contributed by atoms with Crippen LogP contribution in [0, 0.1) is 6.92 Å². The van der Waals surface area contributed by atoms with Crippen LogP contribution in [-0.4, -0.2) is 6.54 Å². The molecule has 0 aliphatic rings. The van der Waals surface area contributed by atoms with Crippen LogP contribution in [0.1, 0.15) is 25.3 Å². The number of benzene rings is 2. The van der Waals surface area contributed by atoms with E-state index in [-0.39, 0.29) is 5.63 Å². The lowest BCUT2D eigenvalue weighted by molar-refractivity contribution is 0.559. The second-order valence-electron chi connectivity index (χ2n) is 6.94. The molecule has 2 aromatic heterocycles. The van der Waals surface area contributed by atoms with Crippen LogP contribution in [0.25, 0.3) is 33.1 Å². The summed E-state index contributed by atoms with van der Waals surface area (Å²) in [4.78, 5) is 24.2. The Kier molecular flexibility index (Phi) is 4.74. The highest BCUT2D eigenvalue weighted by Crippen LogP contribution is 2.27. The van der Waals surface area contributed by atoms with Gasteiger partial charge >= 0.3 is 11.3 Å². The molecule has 0 bridgehead atoms. The van der Waals surface area contributed by atoms with Crippen LogP contribution in [0.5, 0.6) is 0 Å². The smallest absolute Gasteiger partial charge is 0.344 e. The van der Waals surface area contributed by atoms with Gasteiger partial charge in [-0.05, 0) is 54.8 Å². The molecule has 0 aliphatic heterocycles. The Morgan fingerprint density at radius 3 is 2.61 bits per heavy atom. The molecule has 5 nitrogen and oxygen atoms in total. The number of hydrogen-bond acceptors (Lipinski definition) is 5. The lowest BCUT2D eigenvalue weighted by Crippen LogP contribution is -2.04. The van der Waals surface area contributed by atoms with E-state index in [1.807, 2.05) is 37.3 Å². The first-order valence-corrected chi connectivity index (χ1v) is 9.42. The Morgan fingerprint density at radius 1 is 0.929 bits per heavy atom. The molecule has 0 aliphatic carbocycles. The fourth-order valence-electron chi connectivity index (χ4n) is 3.32. The van der Waals surface area contributed by atoms with Crippen molar-refractivity contribution < 1.29 is 8.83 Å². The summed E-state index contributed by atoms with van der Waals surface area (Å²) in [5, 5.41) is 4.99. The van der Waals surface area contributed by atoms with Gasteiger partial charge in [0.2, 0.25) is 0 Å². The van der Waals surface area contributed by atoms with E-state index in [0.29, 0.717) is 16.7 Å². The van der Waals surface area contributed by atoms with Gasteiger partial charge in [-0.3, -0.25) is 0 Å². The van der Waals surface area contributed by atoms with Crippen LogP contribution >= 0.6 is 0 Å². The molecule has 0 spiro atoms. The topological polar surface area (TPSA) is 72.5 Å². The van der Waals surface area contributed by atoms with Crippen molar-refractivity contribution in [2.75, 3.05) is 11.9 Å². The largest absolute Gasteiger partial charge is 0.423 e. The number of fused-ring (bicyclic) bond motifs is 2. The van der Waals surface area contributed by atoms with E-state index in [9.17, 15) is 9.59 Å². The lowest BCUT2D eigenvalue weighted by atomic mass is 10.0. The number of unbranched alkanes of at least 4 members (excludes halogenated alkanes) is 1. The van der Waals surface area contributed by atoms with Crippen LogP contribution in [0.15, 0.2) is 67.0 Å². The highest BCUT2D eigenvalue weighted by molar-refractivity contribution is 5.88. The third-order valence-electron chi connectivity index (χ3n) is 4.86. The van der Waals surface area contributed by atoms with E-state index in [2.05, 4.69) is 12.2 Å². The van der Waals surface area contributed by atoms with Crippen molar-refractivity contribution in [3.05, 3.63) is 74.9 Å². The quantitative estimate of drug-likeness (QED) is 0.389. The Morgan fingerprint density at radius 2 is 1.79 bits per heavy atom. The van der Waals surface area contributed by atoms with Gasteiger partial charge in [0, 0.05) is 35.1 Å².